The number of fused-ring (bicyclic) bond motifs is 1. The van der Waals surface area contributed by atoms with Gasteiger partial charge in [0.2, 0.25) is 0 Å². The summed E-state index contributed by atoms with van der Waals surface area (Å²) < 4.78 is 14.3. The molecule has 104 valence electrons. The van der Waals surface area contributed by atoms with Gasteiger partial charge in [-0.3, -0.25) is 0 Å². The van der Waals surface area contributed by atoms with Gasteiger partial charge >= 0.3 is 0 Å². The topological polar surface area (TPSA) is 48.7 Å². The third-order valence-corrected chi connectivity index (χ3v) is 4.18. The first-order valence-corrected chi connectivity index (χ1v) is 7.39. The number of halogens is 2. The van der Waals surface area contributed by atoms with Crippen LogP contribution in [-0.4, -0.2) is 4.98 Å². The minimum atomic E-state index is -0.513. The number of hydrogen-bond acceptors (Lipinski definition) is 4. The zero-order valence-electron chi connectivity index (χ0n) is 10.7. The number of rotatable bonds is 3. The van der Waals surface area contributed by atoms with Crippen LogP contribution in [0.5, 0.6) is 0 Å². The lowest BCUT2D eigenvalue weighted by Crippen LogP contribution is -2.01. The lowest BCUT2D eigenvalue weighted by molar-refractivity contribution is 0.623. The van der Waals surface area contributed by atoms with Gasteiger partial charge in [-0.2, -0.15) is 5.26 Å². The highest BCUT2D eigenvalue weighted by molar-refractivity contribution is 7.16. The van der Waals surface area contributed by atoms with Crippen LogP contribution in [0.1, 0.15) is 11.1 Å². The summed E-state index contributed by atoms with van der Waals surface area (Å²) in [6.45, 7) is 0.436. The lowest BCUT2D eigenvalue weighted by atomic mass is 10.1. The number of nitrogens with zero attached hydrogens (tertiary/aromatic N) is 2. The van der Waals surface area contributed by atoms with Crippen molar-refractivity contribution >= 4 is 38.8 Å². The largest absolute Gasteiger partial charge is 0.378 e. The molecule has 0 saturated carbocycles. The van der Waals surface area contributed by atoms with Crippen molar-refractivity contribution < 1.29 is 4.39 Å². The fourth-order valence-corrected chi connectivity index (χ4v) is 2.94. The van der Waals surface area contributed by atoms with Crippen molar-refractivity contribution in [2.45, 2.75) is 6.54 Å². The summed E-state index contributed by atoms with van der Waals surface area (Å²) >= 11 is 7.74. The van der Waals surface area contributed by atoms with E-state index < -0.39 is 5.82 Å². The molecule has 3 nitrogen and oxygen atoms in total. The lowest BCUT2D eigenvalue weighted by Gasteiger charge is -2.09. The zero-order chi connectivity index (χ0) is 14.8. The molecule has 21 heavy (non-hydrogen) atoms. The molecular formula is C15H9ClFN3S. The predicted octanol–water partition coefficient (Wildman–Crippen LogP) is 4.57. The third kappa shape index (κ3) is 2.68. The molecule has 0 saturated heterocycles. The summed E-state index contributed by atoms with van der Waals surface area (Å²) in [5.74, 6) is -0.513. The number of nitrogens with one attached hydrogen (secondary N) is 1. The Labute approximate surface area is 129 Å². The summed E-state index contributed by atoms with van der Waals surface area (Å²) in [5.41, 5.74) is 4.16. The maximum atomic E-state index is 13.3. The van der Waals surface area contributed by atoms with Gasteiger partial charge in [0.05, 0.1) is 26.5 Å². The molecule has 1 aromatic heterocycles. The van der Waals surface area contributed by atoms with Gasteiger partial charge in [-0.1, -0.05) is 17.7 Å². The van der Waals surface area contributed by atoms with E-state index in [0.29, 0.717) is 11.6 Å². The van der Waals surface area contributed by atoms with Crippen molar-refractivity contribution in [1.82, 2.24) is 4.98 Å². The van der Waals surface area contributed by atoms with E-state index in [0.717, 1.165) is 21.5 Å². The zero-order valence-corrected chi connectivity index (χ0v) is 12.3. The van der Waals surface area contributed by atoms with E-state index in [-0.39, 0.29) is 5.56 Å². The Kier molecular flexibility index (Phi) is 3.74. The maximum absolute atomic E-state index is 13.3. The molecule has 0 bridgehead atoms. The highest BCUT2D eigenvalue weighted by Gasteiger charge is 2.09. The molecule has 1 heterocycles. The van der Waals surface area contributed by atoms with Gasteiger partial charge < -0.3 is 5.32 Å². The first kappa shape index (κ1) is 13.8. The molecule has 0 atom stereocenters. The van der Waals surface area contributed by atoms with Crippen LogP contribution in [-0.2, 0) is 6.54 Å². The van der Waals surface area contributed by atoms with Crippen molar-refractivity contribution in [2.75, 3.05) is 5.32 Å². The molecule has 0 aliphatic carbocycles. The number of thiazole rings is 1. The SMILES string of the molecule is N#Cc1cc(CNc2c(Cl)ccc3scnc23)ccc1F. The van der Waals surface area contributed by atoms with Gasteiger partial charge in [-0.25, -0.2) is 9.37 Å². The minimum absolute atomic E-state index is 0.0345. The molecule has 1 N–H and O–H groups in total. The second-order valence-electron chi connectivity index (χ2n) is 4.40. The molecule has 2 aromatic carbocycles. The Hall–Kier alpha value is -2.16. The van der Waals surface area contributed by atoms with Gasteiger partial charge in [0.15, 0.2) is 0 Å². The monoisotopic (exact) mass is 317 g/mol. The van der Waals surface area contributed by atoms with Crippen LogP contribution < -0.4 is 5.32 Å². The molecule has 3 rings (SSSR count). The van der Waals surface area contributed by atoms with Crippen LogP contribution in [0, 0.1) is 17.1 Å². The van der Waals surface area contributed by atoms with Crippen LogP contribution in [0.4, 0.5) is 10.1 Å². The van der Waals surface area contributed by atoms with E-state index >= 15 is 0 Å². The van der Waals surface area contributed by atoms with Crippen molar-refractivity contribution in [3.63, 3.8) is 0 Å². The van der Waals surface area contributed by atoms with E-state index in [1.165, 1.54) is 23.5 Å². The molecule has 0 unspecified atom stereocenters. The summed E-state index contributed by atoms with van der Waals surface area (Å²) in [6.07, 6.45) is 0. The van der Waals surface area contributed by atoms with E-state index in [4.69, 9.17) is 16.9 Å². The predicted molar refractivity (Wildman–Crippen MR) is 83.1 cm³/mol. The average Bonchev–Trinajstić information content (AvgIpc) is 2.96. The van der Waals surface area contributed by atoms with E-state index in [1.54, 1.807) is 11.6 Å². The summed E-state index contributed by atoms with van der Waals surface area (Å²) in [7, 11) is 0. The smallest absolute Gasteiger partial charge is 0.140 e. The van der Waals surface area contributed by atoms with Crippen molar-refractivity contribution in [2.24, 2.45) is 0 Å². The van der Waals surface area contributed by atoms with Crippen molar-refractivity contribution in [3.8, 4) is 6.07 Å². The molecule has 0 radical (unpaired) electrons. The van der Waals surface area contributed by atoms with Gasteiger partial charge in [-0.15, -0.1) is 11.3 Å². The second kappa shape index (κ2) is 5.68. The molecule has 0 spiro atoms. The Bertz CT molecular complexity index is 854. The standard InChI is InChI=1S/C15H9ClFN3S/c16-11-2-4-13-15(20-8-21-13)14(11)19-7-9-1-3-12(17)10(5-9)6-18/h1-5,8,19H,7H2. The number of hydrogen-bond donors (Lipinski definition) is 1. The second-order valence-corrected chi connectivity index (χ2v) is 5.69. The first-order valence-electron chi connectivity index (χ1n) is 6.13. The Morgan fingerprint density at radius 1 is 1.33 bits per heavy atom. The molecule has 0 aliphatic heterocycles. The van der Waals surface area contributed by atoms with Crippen LogP contribution in [0.3, 0.4) is 0 Å². The average molecular weight is 318 g/mol. The molecule has 0 fully saturated rings. The molecule has 0 aliphatic rings. The summed E-state index contributed by atoms with van der Waals surface area (Å²) in [5, 5.41) is 12.6. The Balaban J connectivity index is 1.88. The highest BCUT2D eigenvalue weighted by Crippen LogP contribution is 2.32. The van der Waals surface area contributed by atoms with E-state index in [2.05, 4.69) is 10.3 Å². The summed E-state index contributed by atoms with van der Waals surface area (Å²) in [4.78, 5) is 4.30. The van der Waals surface area contributed by atoms with E-state index in [1.807, 2.05) is 18.2 Å². The maximum Gasteiger partial charge on any atom is 0.140 e. The van der Waals surface area contributed by atoms with Gasteiger partial charge in [0.1, 0.15) is 17.4 Å². The van der Waals surface area contributed by atoms with Gasteiger partial charge in [0, 0.05) is 6.54 Å². The van der Waals surface area contributed by atoms with E-state index in [9.17, 15) is 4.39 Å². The third-order valence-electron chi connectivity index (χ3n) is 3.07. The Morgan fingerprint density at radius 3 is 3.00 bits per heavy atom. The van der Waals surface area contributed by atoms with Gasteiger partial charge in [-0.05, 0) is 29.8 Å². The number of anilines is 1. The molecule has 6 heteroatoms. The number of aromatic nitrogens is 1. The number of benzene rings is 2. The molecule has 0 amide bonds. The van der Waals surface area contributed by atoms with Crippen molar-refractivity contribution in [1.29, 1.82) is 5.26 Å². The Morgan fingerprint density at radius 2 is 2.19 bits per heavy atom. The summed E-state index contributed by atoms with van der Waals surface area (Å²) in [6, 6.07) is 10.0. The van der Waals surface area contributed by atoms with Gasteiger partial charge in [0.25, 0.3) is 0 Å². The normalized spacial score (nSPS) is 10.5. The first-order chi connectivity index (χ1) is 10.2. The molecule has 3 aromatic rings. The fraction of sp³-hybridized carbons (Fsp3) is 0.0667. The fourth-order valence-electron chi connectivity index (χ4n) is 2.03. The highest BCUT2D eigenvalue weighted by atomic mass is 35.5. The van der Waals surface area contributed by atoms with Crippen LogP contribution in [0.2, 0.25) is 5.02 Å². The van der Waals surface area contributed by atoms with Crippen LogP contribution in [0.25, 0.3) is 10.2 Å². The quantitative estimate of drug-likeness (QED) is 0.769. The van der Waals surface area contributed by atoms with Crippen molar-refractivity contribution in [3.05, 3.63) is 57.8 Å². The number of nitriles is 1. The molecular weight excluding hydrogens is 309 g/mol. The van der Waals surface area contributed by atoms with Crippen LogP contribution >= 0.6 is 22.9 Å². The minimum Gasteiger partial charge on any atom is -0.378 e. The van der Waals surface area contributed by atoms with Crippen LogP contribution in [0.15, 0.2) is 35.8 Å².